The molecule has 1 heterocycles. The Morgan fingerprint density at radius 1 is 1.47 bits per heavy atom. The molecule has 2 amide bonds. The Balaban J connectivity index is 2.21. The number of rotatable bonds is 7. The summed E-state index contributed by atoms with van der Waals surface area (Å²) in [7, 11) is 1.80. The first-order valence-electron chi connectivity index (χ1n) is 6.10. The molecule has 0 aliphatic carbocycles. The minimum atomic E-state index is -0.819. The van der Waals surface area contributed by atoms with Gasteiger partial charge in [-0.1, -0.05) is 0 Å². The number of amides is 2. The lowest BCUT2D eigenvalue weighted by atomic mass is 10.2. The maximum absolute atomic E-state index is 11.6. The van der Waals surface area contributed by atoms with Gasteiger partial charge in [0.2, 0.25) is 0 Å². The first-order chi connectivity index (χ1) is 9.00. The number of nitrogens with zero attached hydrogens (tertiary/aromatic N) is 3. The van der Waals surface area contributed by atoms with E-state index < -0.39 is 5.97 Å². The van der Waals surface area contributed by atoms with Gasteiger partial charge >= 0.3 is 12.0 Å². The molecule has 0 bridgehead atoms. The summed E-state index contributed by atoms with van der Waals surface area (Å²) in [5.41, 5.74) is 0. The van der Waals surface area contributed by atoms with Gasteiger partial charge in [0.1, 0.15) is 6.33 Å². The molecule has 106 valence electrons. The largest absolute Gasteiger partial charge is 0.481 e. The monoisotopic (exact) mass is 269 g/mol. The fourth-order valence-electron chi connectivity index (χ4n) is 1.60. The standard InChI is InChI=1S/C11H19N5O3/c1-8(10-15-13-7-16(10)2)14-11(19)12-6-4-3-5-9(17)18/h7-8H,3-6H2,1-2H3,(H,17,18)(H2,12,14,19). The van der Waals surface area contributed by atoms with Gasteiger partial charge in [0, 0.05) is 20.0 Å². The van der Waals surface area contributed by atoms with E-state index in [1.165, 1.54) is 0 Å². The van der Waals surface area contributed by atoms with Gasteiger partial charge < -0.3 is 20.3 Å². The quantitative estimate of drug-likeness (QED) is 0.622. The summed E-state index contributed by atoms with van der Waals surface area (Å²) < 4.78 is 1.73. The minimum absolute atomic E-state index is 0.124. The molecule has 1 aromatic rings. The molecule has 1 rings (SSSR count). The predicted molar refractivity (Wildman–Crippen MR) is 67.4 cm³/mol. The zero-order chi connectivity index (χ0) is 14.3. The number of hydrogen-bond acceptors (Lipinski definition) is 4. The zero-order valence-corrected chi connectivity index (χ0v) is 11.1. The van der Waals surface area contributed by atoms with E-state index in [4.69, 9.17) is 5.11 Å². The van der Waals surface area contributed by atoms with Crippen LogP contribution in [0.25, 0.3) is 0 Å². The van der Waals surface area contributed by atoms with Crippen LogP contribution in [0.3, 0.4) is 0 Å². The third kappa shape index (κ3) is 5.36. The summed E-state index contributed by atoms with van der Waals surface area (Å²) >= 11 is 0. The van der Waals surface area contributed by atoms with Crippen LogP contribution >= 0.6 is 0 Å². The van der Waals surface area contributed by atoms with Crippen molar-refractivity contribution in [2.24, 2.45) is 7.05 Å². The van der Waals surface area contributed by atoms with Crippen LogP contribution in [0, 0.1) is 0 Å². The predicted octanol–water partition coefficient (Wildman–Crippen LogP) is 0.430. The first-order valence-corrected chi connectivity index (χ1v) is 6.10. The zero-order valence-electron chi connectivity index (χ0n) is 11.1. The molecule has 0 saturated heterocycles. The molecule has 1 unspecified atom stereocenters. The van der Waals surface area contributed by atoms with Crippen molar-refractivity contribution in [2.45, 2.75) is 32.2 Å². The number of unbranched alkanes of at least 4 members (excludes halogenated alkanes) is 1. The van der Waals surface area contributed by atoms with Crippen molar-refractivity contribution in [3.63, 3.8) is 0 Å². The molecule has 0 fully saturated rings. The van der Waals surface area contributed by atoms with E-state index in [0.717, 1.165) is 0 Å². The van der Waals surface area contributed by atoms with Crippen molar-refractivity contribution in [2.75, 3.05) is 6.54 Å². The van der Waals surface area contributed by atoms with E-state index >= 15 is 0 Å². The number of carboxylic acid groups (broad SMARTS) is 1. The Morgan fingerprint density at radius 3 is 2.79 bits per heavy atom. The van der Waals surface area contributed by atoms with Crippen LogP contribution in [-0.4, -0.2) is 38.4 Å². The van der Waals surface area contributed by atoms with Gasteiger partial charge in [0.05, 0.1) is 6.04 Å². The number of urea groups is 1. The van der Waals surface area contributed by atoms with Gasteiger partial charge in [-0.05, 0) is 19.8 Å². The van der Waals surface area contributed by atoms with Crippen molar-refractivity contribution in [1.82, 2.24) is 25.4 Å². The van der Waals surface area contributed by atoms with Crippen LogP contribution in [0.2, 0.25) is 0 Å². The minimum Gasteiger partial charge on any atom is -0.481 e. The Labute approximate surface area is 111 Å². The molecule has 0 radical (unpaired) electrons. The molecule has 0 saturated carbocycles. The molecule has 0 aliphatic rings. The van der Waals surface area contributed by atoms with Crippen LogP contribution in [0.5, 0.6) is 0 Å². The third-order valence-corrected chi connectivity index (χ3v) is 2.58. The smallest absolute Gasteiger partial charge is 0.315 e. The number of carboxylic acids is 1. The Morgan fingerprint density at radius 2 is 2.21 bits per heavy atom. The first kappa shape index (κ1) is 14.9. The fraction of sp³-hybridized carbons (Fsp3) is 0.636. The second-order valence-corrected chi connectivity index (χ2v) is 4.27. The number of aromatic nitrogens is 3. The number of carbonyl (C=O) groups excluding carboxylic acids is 1. The lowest BCUT2D eigenvalue weighted by molar-refractivity contribution is -0.137. The Kier molecular flexibility index (Phi) is 5.77. The molecule has 0 aliphatic heterocycles. The highest BCUT2D eigenvalue weighted by Gasteiger charge is 2.13. The molecular formula is C11H19N5O3. The highest BCUT2D eigenvalue weighted by molar-refractivity contribution is 5.74. The van der Waals surface area contributed by atoms with Crippen molar-refractivity contribution < 1.29 is 14.7 Å². The van der Waals surface area contributed by atoms with E-state index in [-0.39, 0.29) is 18.5 Å². The van der Waals surface area contributed by atoms with Crippen LogP contribution < -0.4 is 10.6 Å². The van der Waals surface area contributed by atoms with E-state index in [9.17, 15) is 9.59 Å². The lowest BCUT2D eigenvalue weighted by Crippen LogP contribution is -2.38. The molecular weight excluding hydrogens is 250 g/mol. The number of carbonyl (C=O) groups is 2. The third-order valence-electron chi connectivity index (χ3n) is 2.58. The second kappa shape index (κ2) is 7.34. The summed E-state index contributed by atoms with van der Waals surface area (Å²) in [4.78, 5) is 21.9. The summed E-state index contributed by atoms with van der Waals surface area (Å²) in [6, 6.07) is -0.544. The average molecular weight is 269 g/mol. The van der Waals surface area contributed by atoms with Crippen LogP contribution in [-0.2, 0) is 11.8 Å². The number of nitrogens with one attached hydrogen (secondary N) is 2. The average Bonchev–Trinajstić information content (AvgIpc) is 2.74. The van der Waals surface area contributed by atoms with Crippen LogP contribution in [0.15, 0.2) is 6.33 Å². The van der Waals surface area contributed by atoms with Crippen molar-refractivity contribution in [3.05, 3.63) is 12.2 Å². The number of aryl methyl sites for hydroxylation is 1. The van der Waals surface area contributed by atoms with Gasteiger partial charge in [-0.15, -0.1) is 10.2 Å². The topological polar surface area (TPSA) is 109 Å². The van der Waals surface area contributed by atoms with E-state index in [1.807, 2.05) is 6.92 Å². The van der Waals surface area contributed by atoms with Gasteiger partial charge in [0.15, 0.2) is 5.82 Å². The molecule has 0 aromatic carbocycles. The van der Waals surface area contributed by atoms with Crippen molar-refractivity contribution in [1.29, 1.82) is 0 Å². The summed E-state index contributed by atoms with van der Waals surface area (Å²) in [6.07, 6.45) is 2.88. The molecule has 8 heteroatoms. The molecule has 19 heavy (non-hydrogen) atoms. The van der Waals surface area contributed by atoms with E-state index in [0.29, 0.717) is 25.2 Å². The van der Waals surface area contributed by atoms with Crippen molar-refractivity contribution in [3.8, 4) is 0 Å². The highest BCUT2D eigenvalue weighted by atomic mass is 16.4. The number of hydrogen-bond donors (Lipinski definition) is 3. The maximum Gasteiger partial charge on any atom is 0.315 e. The van der Waals surface area contributed by atoms with Crippen molar-refractivity contribution >= 4 is 12.0 Å². The summed E-state index contributed by atoms with van der Waals surface area (Å²) in [5.74, 6) is -0.151. The number of aliphatic carboxylic acids is 1. The molecule has 1 aromatic heterocycles. The normalized spacial score (nSPS) is 11.9. The van der Waals surface area contributed by atoms with E-state index in [2.05, 4.69) is 20.8 Å². The van der Waals surface area contributed by atoms with E-state index in [1.54, 1.807) is 17.9 Å². The Hall–Kier alpha value is -2.12. The van der Waals surface area contributed by atoms with Crippen LogP contribution in [0.1, 0.15) is 38.1 Å². The van der Waals surface area contributed by atoms with Gasteiger partial charge in [-0.25, -0.2) is 4.79 Å². The molecule has 8 nitrogen and oxygen atoms in total. The fourth-order valence-corrected chi connectivity index (χ4v) is 1.60. The van der Waals surface area contributed by atoms with Crippen LogP contribution in [0.4, 0.5) is 4.79 Å². The SMILES string of the molecule is CC(NC(=O)NCCCCC(=O)O)c1nncn1C. The van der Waals surface area contributed by atoms with Gasteiger partial charge in [-0.3, -0.25) is 4.79 Å². The molecule has 0 spiro atoms. The molecule has 1 atom stereocenters. The molecule has 3 N–H and O–H groups in total. The van der Waals surface area contributed by atoms with Gasteiger partial charge in [-0.2, -0.15) is 0 Å². The summed E-state index contributed by atoms with van der Waals surface area (Å²) in [5, 5.41) is 21.5. The van der Waals surface area contributed by atoms with Gasteiger partial charge in [0.25, 0.3) is 0 Å². The second-order valence-electron chi connectivity index (χ2n) is 4.27. The lowest BCUT2D eigenvalue weighted by Gasteiger charge is -2.13. The highest BCUT2D eigenvalue weighted by Crippen LogP contribution is 2.06. The maximum atomic E-state index is 11.6. The Bertz CT molecular complexity index is 432. The summed E-state index contributed by atoms with van der Waals surface area (Å²) in [6.45, 7) is 2.26.